The SMILES string of the molecule is N#Cc1ccc(N2CCNCc3ccccc3C2)cc1. The number of nitrogens with zero attached hydrogens (tertiary/aromatic N) is 2. The Morgan fingerprint density at radius 1 is 1.00 bits per heavy atom. The molecule has 1 aliphatic heterocycles. The topological polar surface area (TPSA) is 39.1 Å². The summed E-state index contributed by atoms with van der Waals surface area (Å²) >= 11 is 0. The fourth-order valence-electron chi connectivity index (χ4n) is 2.57. The van der Waals surface area contributed by atoms with Gasteiger partial charge in [0.15, 0.2) is 0 Å². The van der Waals surface area contributed by atoms with E-state index in [-0.39, 0.29) is 0 Å². The molecule has 2 aromatic carbocycles. The highest BCUT2D eigenvalue weighted by Gasteiger charge is 2.12. The lowest BCUT2D eigenvalue weighted by molar-refractivity contribution is 0.631. The summed E-state index contributed by atoms with van der Waals surface area (Å²) < 4.78 is 0. The molecule has 3 nitrogen and oxygen atoms in total. The standard InChI is InChI=1S/C17H17N3/c18-11-14-5-7-17(8-6-14)20-10-9-19-12-15-3-1-2-4-16(15)13-20/h1-8,19H,9-10,12-13H2. The van der Waals surface area contributed by atoms with Crippen molar-refractivity contribution in [2.45, 2.75) is 13.1 Å². The van der Waals surface area contributed by atoms with E-state index < -0.39 is 0 Å². The summed E-state index contributed by atoms with van der Waals surface area (Å²) in [4.78, 5) is 2.35. The molecule has 0 aliphatic carbocycles. The Morgan fingerprint density at radius 2 is 1.75 bits per heavy atom. The summed E-state index contributed by atoms with van der Waals surface area (Å²) in [5.41, 5.74) is 4.61. The number of hydrogen-bond acceptors (Lipinski definition) is 3. The van der Waals surface area contributed by atoms with Crippen molar-refractivity contribution < 1.29 is 0 Å². The summed E-state index contributed by atoms with van der Waals surface area (Å²) in [7, 11) is 0. The number of rotatable bonds is 1. The van der Waals surface area contributed by atoms with Gasteiger partial charge >= 0.3 is 0 Å². The van der Waals surface area contributed by atoms with Crippen LogP contribution in [0.5, 0.6) is 0 Å². The van der Waals surface area contributed by atoms with Crippen LogP contribution in [0, 0.1) is 11.3 Å². The zero-order chi connectivity index (χ0) is 13.8. The number of anilines is 1. The van der Waals surface area contributed by atoms with Gasteiger partial charge in [0.2, 0.25) is 0 Å². The van der Waals surface area contributed by atoms with Crippen molar-refractivity contribution in [3.63, 3.8) is 0 Å². The van der Waals surface area contributed by atoms with E-state index in [2.05, 4.69) is 40.6 Å². The van der Waals surface area contributed by atoms with Gasteiger partial charge in [0, 0.05) is 31.9 Å². The Morgan fingerprint density at radius 3 is 2.50 bits per heavy atom. The summed E-state index contributed by atoms with van der Waals surface area (Å²) in [5, 5.41) is 12.3. The summed E-state index contributed by atoms with van der Waals surface area (Å²) in [6.45, 7) is 3.80. The Kier molecular flexibility index (Phi) is 3.67. The van der Waals surface area contributed by atoms with Crippen molar-refractivity contribution in [2.75, 3.05) is 18.0 Å². The minimum Gasteiger partial charge on any atom is -0.366 e. The molecular formula is C17H17N3. The van der Waals surface area contributed by atoms with Gasteiger partial charge in [-0.1, -0.05) is 24.3 Å². The second-order valence-electron chi connectivity index (χ2n) is 5.03. The predicted octanol–water partition coefficient (Wildman–Crippen LogP) is 2.67. The molecule has 3 heteroatoms. The van der Waals surface area contributed by atoms with E-state index in [0.717, 1.165) is 26.2 Å². The maximum Gasteiger partial charge on any atom is 0.0991 e. The molecule has 20 heavy (non-hydrogen) atoms. The third kappa shape index (κ3) is 2.66. The fraction of sp³-hybridized carbons (Fsp3) is 0.235. The minimum atomic E-state index is 0.708. The molecule has 1 heterocycles. The van der Waals surface area contributed by atoms with E-state index >= 15 is 0 Å². The molecule has 2 aromatic rings. The first-order chi connectivity index (χ1) is 9.86. The fourth-order valence-corrected chi connectivity index (χ4v) is 2.57. The maximum atomic E-state index is 8.88. The molecule has 3 rings (SSSR count). The van der Waals surface area contributed by atoms with E-state index in [9.17, 15) is 0 Å². The molecule has 0 unspecified atom stereocenters. The lowest BCUT2D eigenvalue weighted by atomic mass is 10.1. The van der Waals surface area contributed by atoms with Crippen LogP contribution in [0.4, 0.5) is 5.69 Å². The molecule has 0 saturated carbocycles. The van der Waals surface area contributed by atoms with Gasteiger partial charge in [0.25, 0.3) is 0 Å². The average molecular weight is 263 g/mol. The van der Waals surface area contributed by atoms with Crippen LogP contribution in [0.15, 0.2) is 48.5 Å². The molecule has 0 saturated heterocycles. The van der Waals surface area contributed by atoms with E-state index in [4.69, 9.17) is 5.26 Å². The monoisotopic (exact) mass is 263 g/mol. The molecular weight excluding hydrogens is 246 g/mol. The normalized spacial score (nSPS) is 14.8. The van der Waals surface area contributed by atoms with Crippen LogP contribution in [-0.2, 0) is 13.1 Å². The Bertz CT molecular complexity index is 625. The van der Waals surface area contributed by atoms with E-state index in [1.807, 2.05) is 24.3 Å². The van der Waals surface area contributed by atoms with Crippen LogP contribution in [-0.4, -0.2) is 13.1 Å². The highest BCUT2D eigenvalue weighted by atomic mass is 15.1. The van der Waals surface area contributed by atoms with Crippen LogP contribution in [0.25, 0.3) is 0 Å². The molecule has 0 atom stereocenters. The maximum absolute atomic E-state index is 8.88. The van der Waals surface area contributed by atoms with Gasteiger partial charge in [-0.2, -0.15) is 5.26 Å². The second-order valence-corrected chi connectivity index (χ2v) is 5.03. The van der Waals surface area contributed by atoms with Crippen molar-refractivity contribution in [1.29, 1.82) is 5.26 Å². The molecule has 0 aromatic heterocycles. The van der Waals surface area contributed by atoms with Crippen LogP contribution >= 0.6 is 0 Å². The van der Waals surface area contributed by atoms with Gasteiger partial charge in [-0.05, 0) is 35.4 Å². The van der Waals surface area contributed by atoms with Crippen LogP contribution < -0.4 is 10.2 Å². The quantitative estimate of drug-likeness (QED) is 0.859. The van der Waals surface area contributed by atoms with Crippen molar-refractivity contribution in [2.24, 2.45) is 0 Å². The first-order valence-electron chi connectivity index (χ1n) is 6.89. The predicted molar refractivity (Wildman–Crippen MR) is 80.4 cm³/mol. The third-order valence-corrected chi connectivity index (χ3v) is 3.72. The van der Waals surface area contributed by atoms with Gasteiger partial charge in [-0.3, -0.25) is 0 Å². The molecule has 0 fully saturated rings. The van der Waals surface area contributed by atoms with Crippen molar-refractivity contribution in [1.82, 2.24) is 5.32 Å². The summed E-state index contributed by atoms with van der Waals surface area (Å²) in [6.07, 6.45) is 0. The first kappa shape index (κ1) is 12.7. The third-order valence-electron chi connectivity index (χ3n) is 3.72. The molecule has 0 spiro atoms. The highest BCUT2D eigenvalue weighted by molar-refractivity contribution is 5.50. The van der Waals surface area contributed by atoms with Gasteiger partial charge in [-0.15, -0.1) is 0 Å². The van der Waals surface area contributed by atoms with Crippen molar-refractivity contribution >= 4 is 5.69 Å². The lowest BCUT2D eigenvalue weighted by Crippen LogP contribution is -2.34. The summed E-state index contributed by atoms with van der Waals surface area (Å²) in [5.74, 6) is 0. The van der Waals surface area contributed by atoms with Crippen LogP contribution in [0.3, 0.4) is 0 Å². The lowest BCUT2D eigenvalue weighted by Gasteiger charge is -2.28. The molecule has 0 radical (unpaired) electrons. The number of nitriles is 1. The van der Waals surface area contributed by atoms with Gasteiger partial charge in [0.1, 0.15) is 0 Å². The first-order valence-corrected chi connectivity index (χ1v) is 6.89. The molecule has 0 amide bonds. The number of hydrogen-bond donors (Lipinski definition) is 1. The number of benzene rings is 2. The molecule has 1 N–H and O–H groups in total. The summed E-state index contributed by atoms with van der Waals surface area (Å²) in [6, 6.07) is 18.6. The largest absolute Gasteiger partial charge is 0.366 e. The van der Waals surface area contributed by atoms with Gasteiger partial charge < -0.3 is 10.2 Å². The van der Waals surface area contributed by atoms with Crippen molar-refractivity contribution in [3.8, 4) is 6.07 Å². The van der Waals surface area contributed by atoms with Gasteiger partial charge in [-0.25, -0.2) is 0 Å². The van der Waals surface area contributed by atoms with Gasteiger partial charge in [0.05, 0.1) is 11.6 Å². The zero-order valence-electron chi connectivity index (χ0n) is 11.3. The molecule has 0 bridgehead atoms. The average Bonchev–Trinajstić information content (AvgIpc) is 2.48. The number of fused-ring (bicyclic) bond motifs is 1. The Balaban J connectivity index is 1.88. The van der Waals surface area contributed by atoms with Crippen LogP contribution in [0.2, 0.25) is 0 Å². The minimum absolute atomic E-state index is 0.708. The number of nitrogens with one attached hydrogen (secondary N) is 1. The van der Waals surface area contributed by atoms with E-state index in [1.54, 1.807) is 0 Å². The van der Waals surface area contributed by atoms with Crippen LogP contribution in [0.1, 0.15) is 16.7 Å². The smallest absolute Gasteiger partial charge is 0.0991 e. The van der Waals surface area contributed by atoms with E-state index in [1.165, 1.54) is 16.8 Å². The second kappa shape index (κ2) is 5.77. The molecule has 1 aliphatic rings. The van der Waals surface area contributed by atoms with E-state index in [0.29, 0.717) is 5.56 Å². The zero-order valence-corrected chi connectivity index (χ0v) is 11.3. The Hall–Kier alpha value is -2.31. The Labute approximate surface area is 119 Å². The molecule has 100 valence electrons. The highest BCUT2D eigenvalue weighted by Crippen LogP contribution is 2.20. The van der Waals surface area contributed by atoms with Crippen molar-refractivity contribution in [3.05, 3.63) is 65.2 Å².